The first-order valence-electron chi connectivity index (χ1n) is 5.69. The van der Waals surface area contributed by atoms with E-state index in [0.29, 0.717) is 18.5 Å². The van der Waals surface area contributed by atoms with Gasteiger partial charge in [0.25, 0.3) is 5.91 Å². The highest BCUT2D eigenvalue weighted by Gasteiger charge is 2.25. The minimum atomic E-state index is -2.91. The molecule has 0 aliphatic carbocycles. The number of hydrogen-bond donors (Lipinski definition) is 2. The molecule has 0 unspecified atom stereocenters. The summed E-state index contributed by atoms with van der Waals surface area (Å²) in [6.07, 6.45) is 2.38. The number of nitrogens with zero attached hydrogens (tertiary/aromatic N) is 1. The molecule has 1 aromatic heterocycles. The molecule has 18 heavy (non-hydrogen) atoms. The van der Waals surface area contributed by atoms with Crippen molar-refractivity contribution >= 4 is 21.4 Å². The van der Waals surface area contributed by atoms with Gasteiger partial charge in [0.05, 0.1) is 11.5 Å². The highest BCUT2D eigenvalue weighted by molar-refractivity contribution is 7.91. The summed E-state index contributed by atoms with van der Waals surface area (Å²) in [5.74, 6) is -0.0588. The van der Waals surface area contributed by atoms with Crippen LogP contribution in [0.1, 0.15) is 23.3 Å². The van der Waals surface area contributed by atoms with Crippen LogP contribution in [0.5, 0.6) is 0 Å². The van der Waals surface area contributed by atoms with E-state index in [2.05, 4.69) is 10.3 Å². The molecule has 1 amide bonds. The fourth-order valence-electron chi connectivity index (χ4n) is 1.86. The number of amides is 1. The van der Waals surface area contributed by atoms with Crippen LogP contribution in [0.4, 0.5) is 5.69 Å². The maximum Gasteiger partial charge on any atom is 0.270 e. The quantitative estimate of drug-likeness (QED) is 0.785. The number of sulfone groups is 1. The lowest BCUT2D eigenvalue weighted by Gasteiger charge is -2.22. The van der Waals surface area contributed by atoms with Crippen molar-refractivity contribution in [1.29, 1.82) is 0 Å². The molecule has 1 fully saturated rings. The molecule has 0 bridgehead atoms. The van der Waals surface area contributed by atoms with Gasteiger partial charge in [-0.2, -0.15) is 0 Å². The van der Waals surface area contributed by atoms with E-state index in [1.54, 1.807) is 6.07 Å². The van der Waals surface area contributed by atoms with Crippen molar-refractivity contribution < 1.29 is 13.2 Å². The Morgan fingerprint density at radius 2 is 2.06 bits per heavy atom. The number of rotatable bonds is 2. The van der Waals surface area contributed by atoms with E-state index in [1.807, 2.05) is 0 Å². The number of nitrogens with two attached hydrogens (primary N) is 1. The molecule has 98 valence electrons. The SMILES string of the molecule is Nc1ccnc(C(=O)NC2CCS(=O)(=O)CC2)c1. The summed E-state index contributed by atoms with van der Waals surface area (Å²) in [5, 5.41) is 2.78. The summed E-state index contributed by atoms with van der Waals surface area (Å²) in [7, 11) is -2.91. The summed E-state index contributed by atoms with van der Waals surface area (Å²) in [4.78, 5) is 15.8. The molecule has 1 aliphatic heterocycles. The first kappa shape index (κ1) is 12.8. The highest BCUT2D eigenvalue weighted by Crippen LogP contribution is 2.13. The molecule has 0 spiro atoms. The first-order chi connectivity index (χ1) is 8.46. The third kappa shape index (κ3) is 3.19. The number of pyridine rings is 1. The Balaban J connectivity index is 1.97. The summed E-state index contributed by atoms with van der Waals surface area (Å²) < 4.78 is 22.5. The van der Waals surface area contributed by atoms with Gasteiger partial charge < -0.3 is 11.1 Å². The minimum absolute atomic E-state index is 0.107. The number of hydrogen-bond acceptors (Lipinski definition) is 5. The minimum Gasteiger partial charge on any atom is -0.399 e. The van der Waals surface area contributed by atoms with Crippen molar-refractivity contribution in [2.45, 2.75) is 18.9 Å². The van der Waals surface area contributed by atoms with Crippen LogP contribution in [-0.2, 0) is 9.84 Å². The van der Waals surface area contributed by atoms with Gasteiger partial charge in [-0.25, -0.2) is 8.42 Å². The lowest BCUT2D eigenvalue weighted by molar-refractivity contribution is 0.0929. The van der Waals surface area contributed by atoms with E-state index in [0.717, 1.165) is 0 Å². The number of nitrogens with one attached hydrogen (secondary N) is 1. The second-order valence-electron chi connectivity index (χ2n) is 4.37. The van der Waals surface area contributed by atoms with Crippen LogP contribution >= 0.6 is 0 Å². The van der Waals surface area contributed by atoms with E-state index < -0.39 is 9.84 Å². The topological polar surface area (TPSA) is 102 Å². The Kier molecular flexibility index (Phi) is 3.51. The molecule has 1 saturated heterocycles. The molecule has 0 atom stereocenters. The largest absolute Gasteiger partial charge is 0.399 e. The molecule has 7 heteroatoms. The summed E-state index contributed by atoms with van der Waals surface area (Å²) in [5.41, 5.74) is 6.29. The van der Waals surface area contributed by atoms with Gasteiger partial charge in [-0.05, 0) is 25.0 Å². The smallest absolute Gasteiger partial charge is 0.270 e. The third-order valence-electron chi connectivity index (χ3n) is 2.91. The monoisotopic (exact) mass is 269 g/mol. The number of anilines is 1. The summed E-state index contributed by atoms with van der Waals surface area (Å²) in [6.45, 7) is 0. The Labute approximate surface area is 106 Å². The second-order valence-corrected chi connectivity index (χ2v) is 6.68. The zero-order chi connectivity index (χ0) is 13.2. The van der Waals surface area contributed by atoms with Crippen LogP contribution in [0.25, 0.3) is 0 Å². The fourth-order valence-corrected chi connectivity index (χ4v) is 3.36. The van der Waals surface area contributed by atoms with Gasteiger partial charge in [-0.15, -0.1) is 0 Å². The molecule has 2 heterocycles. The van der Waals surface area contributed by atoms with Gasteiger partial charge in [0.15, 0.2) is 0 Å². The van der Waals surface area contributed by atoms with Crippen LogP contribution in [0.15, 0.2) is 18.3 Å². The van der Waals surface area contributed by atoms with Crippen molar-refractivity contribution in [3.63, 3.8) is 0 Å². The molecule has 1 aliphatic rings. The molecule has 1 aromatic rings. The fraction of sp³-hybridized carbons (Fsp3) is 0.455. The maximum absolute atomic E-state index is 11.8. The molecule has 0 aromatic carbocycles. The zero-order valence-electron chi connectivity index (χ0n) is 9.80. The first-order valence-corrected chi connectivity index (χ1v) is 7.51. The third-order valence-corrected chi connectivity index (χ3v) is 4.62. The second kappa shape index (κ2) is 4.93. The lowest BCUT2D eigenvalue weighted by Crippen LogP contribution is -2.41. The van der Waals surface area contributed by atoms with Gasteiger partial charge >= 0.3 is 0 Å². The summed E-state index contributed by atoms with van der Waals surface area (Å²) in [6, 6.07) is 2.99. The van der Waals surface area contributed by atoms with Crippen molar-refractivity contribution in [1.82, 2.24) is 10.3 Å². The van der Waals surface area contributed by atoms with E-state index in [9.17, 15) is 13.2 Å². The van der Waals surface area contributed by atoms with Crippen LogP contribution in [0.2, 0.25) is 0 Å². The average molecular weight is 269 g/mol. The zero-order valence-corrected chi connectivity index (χ0v) is 10.6. The lowest BCUT2D eigenvalue weighted by atomic mass is 10.1. The Bertz CT molecular complexity index is 542. The van der Waals surface area contributed by atoms with Gasteiger partial charge in [0.2, 0.25) is 0 Å². The van der Waals surface area contributed by atoms with E-state index in [4.69, 9.17) is 5.73 Å². The van der Waals surface area contributed by atoms with Gasteiger partial charge in [0.1, 0.15) is 15.5 Å². The molecule has 3 N–H and O–H groups in total. The molecular formula is C11H15N3O3S. The molecule has 0 radical (unpaired) electrons. The van der Waals surface area contributed by atoms with Crippen molar-refractivity contribution in [3.05, 3.63) is 24.0 Å². The number of nitrogen functional groups attached to an aromatic ring is 1. The van der Waals surface area contributed by atoms with Crippen molar-refractivity contribution in [2.24, 2.45) is 0 Å². The number of carbonyl (C=O) groups is 1. The molecular weight excluding hydrogens is 254 g/mol. The van der Waals surface area contributed by atoms with E-state index in [1.165, 1.54) is 12.3 Å². The van der Waals surface area contributed by atoms with Gasteiger partial charge in [-0.3, -0.25) is 9.78 Å². The Hall–Kier alpha value is -1.63. The van der Waals surface area contributed by atoms with Crippen LogP contribution in [0, 0.1) is 0 Å². The van der Waals surface area contributed by atoms with Crippen molar-refractivity contribution in [2.75, 3.05) is 17.2 Å². The number of aromatic nitrogens is 1. The molecule has 2 rings (SSSR count). The standard InChI is InChI=1S/C11H15N3O3S/c12-8-1-4-13-10(7-8)11(15)14-9-2-5-18(16,17)6-3-9/h1,4,7,9H,2-3,5-6H2,(H2,12,13)(H,14,15). The van der Waals surface area contributed by atoms with Crippen LogP contribution in [0.3, 0.4) is 0 Å². The van der Waals surface area contributed by atoms with E-state index >= 15 is 0 Å². The van der Waals surface area contributed by atoms with Crippen LogP contribution in [-0.4, -0.2) is 36.9 Å². The molecule has 6 nitrogen and oxygen atoms in total. The molecule has 0 saturated carbocycles. The predicted octanol–water partition coefficient (Wildman–Crippen LogP) is -0.0292. The van der Waals surface area contributed by atoms with Gasteiger partial charge in [-0.1, -0.05) is 0 Å². The predicted molar refractivity (Wildman–Crippen MR) is 67.8 cm³/mol. The average Bonchev–Trinajstić information content (AvgIpc) is 2.32. The van der Waals surface area contributed by atoms with E-state index in [-0.39, 0.29) is 29.1 Å². The Morgan fingerprint density at radius 3 is 2.67 bits per heavy atom. The highest BCUT2D eigenvalue weighted by atomic mass is 32.2. The van der Waals surface area contributed by atoms with Gasteiger partial charge in [0, 0.05) is 17.9 Å². The Morgan fingerprint density at radius 1 is 1.39 bits per heavy atom. The summed E-state index contributed by atoms with van der Waals surface area (Å²) >= 11 is 0. The normalized spacial score (nSPS) is 19.3. The van der Waals surface area contributed by atoms with Crippen LogP contribution < -0.4 is 11.1 Å². The maximum atomic E-state index is 11.8. The number of carbonyl (C=O) groups excluding carboxylic acids is 1. The van der Waals surface area contributed by atoms with Crippen molar-refractivity contribution in [3.8, 4) is 0 Å².